The van der Waals surface area contributed by atoms with Crippen molar-refractivity contribution < 1.29 is 9.90 Å². The quantitative estimate of drug-likeness (QED) is 0.664. The topological polar surface area (TPSA) is 83.0 Å². The van der Waals surface area contributed by atoms with Gasteiger partial charge in [0.15, 0.2) is 5.16 Å². The molecule has 2 heterocycles. The summed E-state index contributed by atoms with van der Waals surface area (Å²) in [5.41, 5.74) is 0.988. The van der Waals surface area contributed by atoms with Crippen molar-refractivity contribution in [3.63, 3.8) is 0 Å². The Bertz CT molecular complexity index is 807. The predicted octanol–water partition coefficient (Wildman–Crippen LogP) is 3.06. The maximum absolute atomic E-state index is 12.4. The lowest BCUT2D eigenvalue weighted by Gasteiger charge is -2.17. The number of nitrogens with one attached hydrogen (secondary N) is 1. The molecule has 5 nitrogen and oxygen atoms in total. The Morgan fingerprint density at radius 2 is 2.23 bits per heavy atom. The molecule has 1 aliphatic rings. The predicted molar refractivity (Wildman–Crippen MR) is 89.0 cm³/mol. The molecule has 0 saturated heterocycles. The number of carboxylic acids is 1. The summed E-state index contributed by atoms with van der Waals surface area (Å²) in [6.07, 6.45) is 3.02. The minimum Gasteiger partial charge on any atom is -0.480 e. The van der Waals surface area contributed by atoms with Gasteiger partial charge in [0.1, 0.15) is 9.58 Å². The molecular formula is C15H18N2O3S2. The third-order valence-corrected chi connectivity index (χ3v) is 6.23. The smallest absolute Gasteiger partial charge is 0.319 e. The van der Waals surface area contributed by atoms with E-state index in [2.05, 4.69) is 16.9 Å². The molecule has 0 aromatic carbocycles. The largest absolute Gasteiger partial charge is 0.480 e. The lowest BCUT2D eigenvalue weighted by molar-refractivity contribution is -0.138. The summed E-state index contributed by atoms with van der Waals surface area (Å²) in [4.78, 5) is 32.9. The van der Waals surface area contributed by atoms with Crippen LogP contribution < -0.4 is 5.56 Å². The third-order valence-electron chi connectivity index (χ3n) is 4.01. The van der Waals surface area contributed by atoms with Crippen molar-refractivity contribution in [3.8, 4) is 0 Å². The van der Waals surface area contributed by atoms with Crippen LogP contribution in [0.3, 0.4) is 0 Å². The number of fused-ring (bicyclic) bond motifs is 3. The molecule has 0 aliphatic heterocycles. The number of aromatic amines is 1. The van der Waals surface area contributed by atoms with Gasteiger partial charge in [-0.25, -0.2) is 4.98 Å². The first-order chi connectivity index (χ1) is 10.3. The Balaban J connectivity index is 2.07. The van der Waals surface area contributed by atoms with Crippen LogP contribution in [0.5, 0.6) is 0 Å². The first kappa shape index (κ1) is 15.6. The van der Waals surface area contributed by atoms with E-state index in [1.54, 1.807) is 25.2 Å². The highest BCUT2D eigenvalue weighted by molar-refractivity contribution is 8.01. The van der Waals surface area contributed by atoms with Gasteiger partial charge in [-0.05, 0) is 44.6 Å². The van der Waals surface area contributed by atoms with E-state index in [9.17, 15) is 14.7 Å². The van der Waals surface area contributed by atoms with Crippen LogP contribution in [0.15, 0.2) is 9.95 Å². The highest BCUT2D eigenvalue weighted by Gasteiger charge is 2.30. The lowest BCUT2D eigenvalue weighted by Crippen LogP contribution is -2.28. The van der Waals surface area contributed by atoms with E-state index < -0.39 is 10.7 Å². The number of aryl methyl sites for hydroxylation is 1. The first-order valence-corrected chi connectivity index (χ1v) is 8.88. The van der Waals surface area contributed by atoms with Crippen LogP contribution in [-0.4, -0.2) is 25.8 Å². The second kappa shape index (κ2) is 5.38. The molecule has 1 atom stereocenters. The van der Waals surface area contributed by atoms with Crippen molar-refractivity contribution in [1.29, 1.82) is 0 Å². The molecular weight excluding hydrogens is 320 g/mol. The molecule has 0 spiro atoms. The van der Waals surface area contributed by atoms with Gasteiger partial charge in [0, 0.05) is 4.88 Å². The van der Waals surface area contributed by atoms with Gasteiger partial charge in [0.25, 0.3) is 5.56 Å². The van der Waals surface area contributed by atoms with E-state index >= 15 is 0 Å². The Morgan fingerprint density at radius 1 is 1.50 bits per heavy atom. The van der Waals surface area contributed by atoms with Gasteiger partial charge in [-0.15, -0.1) is 11.3 Å². The number of thioether (sulfide) groups is 1. The van der Waals surface area contributed by atoms with Crippen molar-refractivity contribution >= 4 is 39.3 Å². The van der Waals surface area contributed by atoms with Crippen molar-refractivity contribution in [2.45, 2.75) is 49.9 Å². The van der Waals surface area contributed by atoms with Gasteiger partial charge in [0.05, 0.1) is 5.39 Å². The summed E-state index contributed by atoms with van der Waals surface area (Å²) < 4.78 is -1.03. The average Bonchev–Trinajstić information content (AvgIpc) is 2.75. The van der Waals surface area contributed by atoms with Gasteiger partial charge in [-0.1, -0.05) is 18.7 Å². The molecule has 22 heavy (non-hydrogen) atoms. The molecule has 1 aliphatic carbocycles. The monoisotopic (exact) mass is 338 g/mol. The van der Waals surface area contributed by atoms with Gasteiger partial charge in [-0.2, -0.15) is 0 Å². The normalized spacial score (nSPS) is 18.4. The number of nitrogens with zero attached hydrogens (tertiary/aromatic N) is 1. The molecule has 2 N–H and O–H groups in total. The van der Waals surface area contributed by atoms with Crippen LogP contribution in [-0.2, 0) is 17.6 Å². The summed E-state index contributed by atoms with van der Waals surface area (Å²) in [5.74, 6) is -0.293. The van der Waals surface area contributed by atoms with Crippen molar-refractivity contribution in [2.75, 3.05) is 0 Å². The van der Waals surface area contributed by atoms with Gasteiger partial charge in [0.2, 0.25) is 0 Å². The second-order valence-corrected chi connectivity index (χ2v) is 9.02. The molecule has 3 rings (SSSR count). The number of hydrogen-bond donors (Lipinski definition) is 2. The highest BCUT2D eigenvalue weighted by Crippen LogP contribution is 2.37. The van der Waals surface area contributed by atoms with E-state index in [4.69, 9.17) is 0 Å². The van der Waals surface area contributed by atoms with Crippen LogP contribution in [0.4, 0.5) is 0 Å². The van der Waals surface area contributed by atoms with E-state index in [0.717, 1.165) is 41.4 Å². The minimum absolute atomic E-state index is 0.152. The van der Waals surface area contributed by atoms with Crippen LogP contribution in [0.1, 0.15) is 37.6 Å². The van der Waals surface area contributed by atoms with E-state index in [-0.39, 0.29) is 5.56 Å². The van der Waals surface area contributed by atoms with Crippen molar-refractivity contribution in [2.24, 2.45) is 5.92 Å². The summed E-state index contributed by atoms with van der Waals surface area (Å²) in [5, 5.41) is 10.3. The number of rotatable bonds is 3. The Hall–Kier alpha value is -1.34. The van der Waals surface area contributed by atoms with Crippen LogP contribution in [0.25, 0.3) is 10.2 Å². The lowest BCUT2D eigenvalue weighted by atomic mass is 9.89. The Labute approximate surface area is 136 Å². The highest BCUT2D eigenvalue weighted by atomic mass is 32.2. The summed E-state index contributed by atoms with van der Waals surface area (Å²) >= 11 is 2.64. The number of aromatic nitrogens is 2. The molecule has 0 amide bonds. The van der Waals surface area contributed by atoms with Crippen molar-refractivity contribution in [1.82, 2.24) is 9.97 Å². The second-order valence-electron chi connectivity index (χ2n) is 6.32. The van der Waals surface area contributed by atoms with Crippen LogP contribution in [0, 0.1) is 5.92 Å². The van der Waals surface area contributed by atoms with E-state index in [1.165, 1.54) is 4.88 Å². The zero-order chi connectivity index (χ0) is 16.1. The molecule has 0 bridgehead atoms. The van der Waals surface area contributed by atoms with Gasteiger partial charge < -0.3 is 10.1 Å². The van der Waals surface area contributed by atoms with Gasteiger partial charge in [-0.3, -0.25) is 9.59 Å². The van der Waals surface area contributed by atoms with E-state index in [0.29, 0.717) is 16.5 Å². The minimum atomic E-state index is -1.03. The molecule has 118 valence electrons. The Morgan fingerprint density at radius 3 is 2.91 bits per heavy atom. The zero-order valence-corrected chi connectivity index (χ0v) is 14.4. The molecule has 0 saturated carbocycles. The fourth-order valence-corrected chi connectivity index (χ4v) is 4.96. The fourth-order valence-electron chi connectivity index (χ4n) is 2.66. The number of hydrogen-bond acceptors (Lipinski definition) is 5. The average molecular weight is 338 g/mol. The van der Waals surface area contributed by atoms with Crippen LogP contribution >= 0.6 is 23.1 Å². The fraction of sp³-hybridized carbons (Fsp3) is 0.533. The number of thiophene rings is 1. The van der Waals surface area contributed by atoms with Gasteiger partial charge >= 0.3 is 5.97 Å². The maximum atomic E-state index is 12.4. The summed E-state index contributed by atoms with van der Waals surface area (Å²) in [7, 11) is 0. The van der Waals surface area contributed by atoms with Crippen LogP contribution in [0.2, 0.25) is 0 Å². The first-order valence-electron chi connectivity index (χ1n) is 7.25. The maximum Gasteiger partial charge on any atom is 0.319 e. The molecule has 7 heteroatoms. The summed E-state index contributed by atoms with van der Waals surface area (Å²) in [6.45, 7) is 5.43. The van der Waals surface area contributed by atoms with E-state index in [1.807, 2.05) is 0 Å². The number of carbonyl (C=O) groups is 1. The number of carboxylic acid groups (broad SMARTS) is 1. The third kappa shape index (κ3) is 2.67. The Kier molecular flexibility index (Phi) is 3.81. The molecule has 0 fully saturated rings. The number of aliphatic carboxylic acids is 1. The SMILES string of the molecule is CC1CCc2c(sc3nc(SC(C)(C)C(=O)O)[nH]c(=O)c23)C1. The zero-order valence-electron chi connectivity index (χ0n) is 12.7. The van der Waals surface area contributed by atoms with Crippen molar-refractivity contribution in [3.05, 3.63) is 20.8 Å². The molecule has 1 unspecified atom stereocenters. The summed E-state index contributed by atoms with van der Waals surface area (Å²) in [6, 6.07) is 0. The molecule has 2 aromatic heterocycles. The number of H-pyrrole nitrogens is 1. The molecule has 2 aromatic rings. The standard InChI is InChI=1S/C15H18N2O3S2/c1-7-4-5-8-9(6-7)21-12-10(8)11(18)16-14(17-12)22-15(2,3)13(19)20/h7H,4-6H2,1-3H3,(H,19,20)(H,16,17,18). The molecule has 0 radical (unpaired) electrons.